The summed E-state index contributed by atoms with van der Waals surface area (Å²) >= 11 is 1.88. The van der Waals surface area contributed by atoms with Crippen molar-refractivity contribution in [2.24, 2.45) is 4.99 Å². The molecule has 2 rings (SSSR count). The summed E-state index contributed by atoms with van der Waals surface area (Å²) in [6.07, 6.45) is 6.29. The molecule has 8 heteroatoms. The van der Waals surface area contributed by atoms with Crippen molar-refractivity contribution in [1.82, 2.24) is 15.6 Å². The summed E-state index contributed by atoms with van der Waals surface area (Å²) in [7, 11) is 3.42. The number of hydrogen-bond donors (Lipinski definition) is 2. The molecule has 0 unspecified atom stereocenters. The van der Waals surface area contributed by atoms with Gasteiger partial charge in [0, 0.05) is 32.4 Å². The molecule has 0 aliphatic rings. The number of aliphatic imine (C=N–C) groups is 1. The number of pyridine rings is 1. The molecule has 154 valence electrons. The maximum atomic E-state index is 5.74. The number of methoxy groups -OCH3 is 1. The van der Waals surface area contributed by atoms with E-state index in [1.165, 1.54) is 12.2 Å². The number of halogens is 1. The van der Waals surface area contributed by atoms with Crippen LogP contribution in [0.3, 0.4) is 0 Å². The Bertz CT molecular complexity index is 696. The highest BCUT2D eigenvalue weighted by Gasteiger charge is 2.02. The van der Waals surface area contributed by atoms with Crippen LogP contribution in [0, 0.1) is 0 Å². The van der Waals surface area contributed by atoms with Gasteiger partial charge >= 0.3 is 0 Å². The van der Waals surface area contributed by atoms with Gasteiger partial charge in [-0.1, -0.05) is 6.07 Å². The molecule has 0 amide bonds. The number of hydrogen-bond acceptors (Lipinski definition) is 5. The molecule has 28 heavy (non-hydrogen) atoms. The number of rotatable bonds is 10. The van der Waals surface area contributed by atoms with Crippen molar-refractivity contribution in [2.75, 3.05) is 32.7 Å². The molecule has 0 radical (unpaired) electrons. The highest BCUT2D eigenvalue weighted by molar-refractivity contribution is 14.0. The monoisotopic (exact) mass is 516 g/mol. The molecule has 0 spiro atoms. The first-order chi connectivity index (χ1) is 13.2. The van der Waals surface area contributed by atoms with Crippen LogP contribution in [0.1, 0.15) is 18.4 Å². The second kappa shape index (κ2) is 14.3. The molecule has 0 atom stereocenters. The predicted molar refractivity (Wildman–Crippen MR) is 129 cm³/mol. The highest BCUT2D eigenvalue weighted by Crippen LogP contribution is 2.22. The van der Waals surface area contributed by atoms with Crippen molar-refractivity contribution in [3.8, 4) is 17.4 Å². The van der Waals surface area contributed by atoms with E-state index >= 15 is 0 Å². The Morgan fingerprint density at radius 3 is 2.43 bits per heavy atom. The summed E-state index contributed by atoms with van der Waals surface area (Å²) in [5, 5.41) is 6.62. The zero-order valence-electron chi connectivity index (χ0n) is 16.6. The van der Waals surface area contributed by atoms with Crippen LogP contribution in [0.5, 0.6) is 17.4 Å². The third-order valence-electron chi connectivity index (χ3n) is 3.83. The first kappa shape index (κ1) is 24.4. The average Bonchev–Trinajstić information content (AvgIpc) is 2.72. The molecule has 0 bridgehead atoms. The molecule has 2 aromatic rings. The Kier molecular flexibility index (Phi) is 12.5. The smallest absolute Gasteiger partial charge is 0.219 e. The van der Waals surface area contributed by atoms with Crippen LogP contribution >= 0.6 is 35.7 Å². The Hall–Kier alpha value is -1.68. The SMILES string of the molecule is CN=C(NCCCCSC)NCc1ccc(Oc2ccc(OC)cc2)nc1.I. The Labute approximate surface area is 188 Å². The van der Waals surface area contributed by atoms with Gasteiger partial charge in [-0.25, -0.2) is 4.98 Å². The van der Waals surface area contributed by atoms with E-state index in [-0.39, 0.29) is 24.0 Å². The maximum Gasteiger partial charge on any atom is 0.219 e. The number of thioether (sulfide) groups is 1. The molecule has 1 aromatic carbocycles. The molecule has 0 saturated heterocycles. The molecule has 1 heterocycles. The Morgan fingerprint density at radius 2 is 1.82 bits per heavy atom. The fraction of sp³-hybridized carbons (Fsp3) is 0.400. The fourth-order valence-electron chi connectivity index (χ4n) is 2.32. The Balaban J connectivity index is 0.00000392. The minimum atomic E-state index is 0. The summed E-state index contributed by atoms with van der Waals surface area (Å²) in [5.74, 6) is 4.07. The van der Waals surface area contributed by atoms with E-state index in [1.54, 1.807) is 20.4 Å². The lowest BCUT2D eigenvalue weighted by Crippen LogP contribution is -2.37. The number of aromatic nitrogens is 1. The van der Waals surface area contributed by atoms with Crippen molar-refractivity contribution in [3.63, 3.8) is 0 Å². The van der Waals surface area contributed by atoms with E-state index in [9.17, 15) is 0 Å². The second-order valence-corrected chi connectivity index (χ2v) is 6.82. The molecule has 0 saturated carbocycles. The van der Waals surface area contributed by atoms with Crippen LogP contribution in [0.4, 0.5) is 0 Å². The van der Waals surface area contributed by atoms with E-state index in [2.05, 4.69) is 26.9 Å². The van der Waals surface area contributed by atoms with E-state index in [0.717, 1.165) is 36.0 Å². The van der Waals surface area contributed by atoms with Crippen molar-refractivity contribution < 1.29 is 9.47 Å². The van der Waals surface area contributed by atoms with Gasteiger partial charge in [-0.3, -0.25) is 4.99 Å². The summed E-state index contributed by atoms with van der Waals surface area (Å²) in [4.78, 5) is 8.60. The minimum absolute atomic E-state index is 0. The van der Waals surface area contributed by atoms with Gasteiger partial charge in [-0.2, -0.15) is 11.8 Å². The molecule has 1 aromatic heterocycles. The fourth-order valence-corrected chi connectivity index (χ4v) is 2.82. The second-order valence-electron chi connectivity index (χ2n) is 5.83. The van der Waals surface area contributed by atoms with Crippen LogP contribution in [0.2, 0.25) is 0 Å². The van der Waals surface area contributed by atoms with E-state index in [0.29, 0.717) is 12.4 Å². The summed E-state index contributed by atoms with van der Waals surface area (Å²) in [6.45, 7) is 1.58. The predicted octanol–water partition coefficient (Wildman–Crippen LogP) is 4.31. The number of benzene rings is 1. The molecular weight excluding hydrogens is 487 g/mol. The zero-order valence-corrected chi connectivity index (χ0v) is 19.8. The van der Waals surface area contributed by atoms with Crippen LogP contribution in [-0.2, 0) is 6.54 Å². The third kappa shape index (κ3) is 9.01. The summed E-state index contributed by atoms with van der Waals surface area (Å²) < 4.78 is 10.9. The highest BCUT2D eigenvalue weighted by atomic mass is 127. The molecule has 0 aliphatic carbocycles. The molecule has 2 N–H and O–H groups in total. The molecule has 0 fully saturated rings. The average molecular weight is 516 g/mol. The first-order valence-corrected chi connectivity index (χ1v) is 10.3. The standard InChI is InChI=1S/C20H28N4O2S.HI/c1-21-20(22-12-4-5-13-27-3)24-15-16-6-11-19(23-14-16)26-18-9-7-17(25-2)8-10-18;/h6-11,14H,4-5,12-13,15H2,1-3H3,(H2,21,22,24);1H. The Morgan fingerprint density at radius 1 is 1.07 bits per heavy atom. The zero-order chi connectivity index (χ0) is 19.3. The van der Waals surface area contributed by atoms with E-state index in [1.807, 2.05) is 48.2 Å². The van der Waals surface area contributed by atoms with Gasteiger partial charge < -0.3 is 20.1 Å². The van der Waals surface area contributed by atoms with Crippen molar-refractivity contribution in [2.45, 2.75) is 19.4 Å². The van der Waals surface area contributed by atoms with Gasteiger partial charge in [0.25, 0.3) is 0 Å². The van der Waals surface area contributed by atoms with Gasteiger partial charge in [-0.15, -0.1) is 24.0 Å². The van der Waals surface area contributed by atoms with Crippen LogP contribution in [0.15, 0.2) is 47.6 Å². The lowest BCUT2D eigenvalue weighted by molar-refractivity contribution is 0.412. The van der Waals surface area contributed by atoms with E-state index < -0.39 is 0 Å². The molecular formula is C20H29IN4O2S. The van der Waals surface area contributed by atoms with Gasteiger partial charge in [0.05, 0.1) is 7.11 Å². The number of nitrogens with zero attached hydrogens (tertiary/aromatic N) is 2. The van der Waals surface area contributed by atoms with Gasteiger partial charge in [0.2, 0.25) is 5.88 Å². The van der Waals surface area contributed by atoms with Gasteiger partial charge in [0.15, 0.2) is 5.96 Å². The normalized spacial score (nSPS) is 10.8. The molecule has 0 aliphatic heterocycles. The van der Waals surface area contributed by atoms with Crippen molar-refractivity contribution >= 4 is 41.7 Å². The van der Waals surface area contributed by atoms with Gasteiger partial charge in [-0.05, 0) is 54.7 Å². The summed E-state index contributed by atoms with van der Waals surface area (Å²) in [5.41, 5.74) is 1.06. The topological polar surface area (TPSA) is 67.8 Å². The number of unbranched alkanes of at least 4 members (excludes halogenated alkanes) is 1. The minimum Gasteiger partial charge on any atom is -0.497 e. The summed E-state index contributed by atoms with van der Waals surface area (Å²) in [6, 6.07) is 11.3. The van der Waals surface area contributed by atoms with Crippen LogP contribution < -0.4 is 20.1 Å². The lowest BCUT2D eigenvalue weighted by atomic mass is 10.3. The number of nitrogens with one attached hydrogen (secondary N) is 2. The van der Waals surface area contributed by atoms with Crippen LogP contribution in [0.25, 0.3) is 0 Å². The van der Waals surface area contributed by atoms with Gasteiger partial charge in [0.1, 0.15) is 11.5 Å². The van der Waals surface area contributed by atoms with Crippen LogP contribution in [-0.4, -0.2) is 43.7 Å². The largest absolute Gasteiger partial charge is 0.497 e. The van der Waals surface area contributed by atoms with Crippen molar-refractivity contribution in [3.05, 3.63) is 48.2 Å². The lowest BCUT2D eigenvalue weighted by Gasteiger charge is -2.12. The quantitative estimate of drug-likeness (QED) is 0.212. The van der Waals surface area contributed by atoms with E-state index in [4.69, 9.17) is 9.47 Å². The maximum absolute atomic E-state index is 5.74. The van der Waals surface area contributed by atoms with Crippen molar-refractivity contribution in [1.29, 1.82) is 0 Å². The number of guanidine groups is 1. The third-order valence-corrected chi connectivity index (χ3v) is 4.53. The molecule has 6 nitrogen and oxygen atoms in total. The first-order valence-electron chi connectivity index (χ1n) is 8.95. The number of ether oxygens (including phenoxy) is 2.